The molecule has 0 saturated carbocycles. The number of fused-ring (bicyclic) bond motifs is 1. The van der Waals surface area contributed by atoms with Crippen molar-refractivity contribution in [3.05, 3.63) is 106 Å². The highest BCUT2D eigenvalue weighted by atomic mass is 16.5. The first kappa shape index (κ1) is 20.1. The lowest BCUT2D eigenvalue weighted by molar-refractivity contribution is -0.129. The van der Waals surface area contributed by atoms with E-state index < -0.39 is 17.1 Å². The summed E-state index contributed by atoms with van der Waals surface area (Å²) < 4.78 is 4.73. The highest BCUT2D eigenvalue weighted by Gasteiger charge is 2.36. The maximum Gasteiger partial charge on any atom is 0.366 e. The summed E-state index contributed by atoms with van der Waals surface area (Å²) in [4.78, 5) is 25.0. The predicted octanol–water partition coefficient (Wildman–Crippen LogP) is 3.37. The molecule has 0 aliphatic heterocycles. The van der Waals surface area contributed by atoms with Crippen LogP contribution in [-0.2, 0) is 10.4 Å². The van der Waals surface area contributed by atoms with Crippen molar-refractivity contribution in [2.75, 3.05) is 5.32 Å². The summed E-state index contributed by atoms with van der Waals surface area (Å²) in [6.45, 7) is 1.70. The summed E-state index contributed by atoms with van der Waals surface area (Å²) in [6, 6.07) is 22.3. The molecule has 1 amide bonds. The molecule has 0 spiro atoms. The van der Waals surface area contributed by atoms with Gasteiger partial charge in [-0.1, -0.05) is 59.6 Å². The number of rotatable bonds is 3. The Morgan fingerprint density at radius 2 is 1.68 bits per heavy atom. The van der Waals surface area contributed by atoms with Gasteiger partial charge < -0.3 is 14.9 Å². The van der Waals surface area contributed by atoms with Gasteiger partial charge in [0.25, 0.3) is 5.91 Å². The maximum atomic E-state index is 13.2. The van der Waals surface area contributed by atoms with Crippen LogP contribution in [0.15, 0.2) is 88.2 Å². The highest BCUT2D eigenvalue weighted by Crippen LogP contribution is 2.25. The van der Waals surface area contributed by atoms with Crippen molar-refractivity contribution in [2.45, 2.75) is 12.5 Å². The lowest BCUT2D eigenvalue weighted by Gasteiger charge is -2.22. The van der Waals surface area contributed by atoms with E-state index in [-0.39, 0.29) is 0 Å². The minimum absolute atomic E-state index is 0.343. The SMILES string of the molecule is Cc1noc(=O)c2ccc(NC(=O)[C@@](O)(C#Cc3ccccc3)c3ccccc3)cc12. The highest BCUT2D eigenvalue weighted by molar-refractivity contribution is 6.01. The van der Waals surface area contributed by atoms with Crippen molar-refractivity contribution in [1.82, 2.24) is 5.16 Å². The van der Waals surface area contributed by atoms with E-state index in [0.717, 1.165) is 0 Å². The van der Waals surface area contributed by atoms with Crippen LogP contribution in [-0.4, -0.2) is 16.2 Å². The molecule has 4 aromatic rings. The Balaban J connectivity index is 1.73. The number of aliphatic hydroxyl groups is 1. The van der Waals surface area contributed by atoms with Gasteiger partial charge in [-0.2, -0.15) is 0 Å². The lowest BCUT2D eigenvalue weighted by Crippen LogP contribution is -2.39. The van der Waals surface area contributed by atoms with E-state index in [2.05, 4.69) is 22.3 Å². The summed E-state index contributed by atoms with van der Waals surface area (Å²) in [5, 5.41) is 18.6. The Kier molecular flexibility index (Phi) is 5.35. The third kappa shape index (κ3) is 4.08. The first-order valence-electron chi connectivity index (χ1n) is 9.55. The summed E-state index contributed by atoms with van der Waals surface area (Å²) in [6.07, 6.45) is 0. The van der Waals surface area contributed by atoms with Crippen LogP contribution in [0.25, 0.3) is 10.8 Å². The number of nitrogens with one attached hydrogen (secondary N) is 1. The van der Waals surface area contributed by atoms with Gasteiger partial charge in [0.2, 0.25) is 5.60 Å². The monoisotopic (exact) mass is 410 g/mol. The molecule has 1 atom stereocenters. The number of carbonyl (C=O) groups excluding carboxylic acids is 1. The molecule has 6 heteroatoms. The number of benzene rings is 3. The molecule has 4 rings (SSSR count). The Morgan fingerprint density at radius 3 is 2.39 bits per heavy atom. The minimum Gasteiger partial charge on any atom is -0.366 e. The number of aryl methyl sites for hydroxylation is 1. The number of amides is 1. The van der Waals surface area contributed by atoms with Crippen LogP contribution in [0.1, 0.15) is 16.8 Å². The zero-order chi connectivity index (χ0) is 21.8. The van der Waals surface area contributed by atoms with Gasteiger partial charge in [-0.15, -0.1) is 0 Å². The molecule has 0 aliphatic carbocycles. The third-order valence-corrected chi connectivity index (χ3v) is 4.83. The van der Waals surface area contributed by atoms with E-state index in [4.69, 9.17) is 4.52 Å². The molecule has 0 bridgehead atoms. The largest absolute Gasteiger partial charge is 0.366 e. The molecule has 0 fully saturated rings. The quantitative estimate of drug-likeness (QED) is 0.505. The Morgan fingerprint density at radius 1 is 1.00 bits per heavy atom. The second kappa shape index (κ2) is 8.27. The fourth-order valence-electron chi connectivity index (χ4n) is 3.15. The Labute approximate surface area is 178 Å². The number of anilines is 1. The van der Waals surface area contributed by atoms with Gasteiger partial charge in [-0.05, 0) is 43.2 Å². The summed E-state index contributed by atoms with van der Waals surface area (Å²) >= 11 is 0. The molecule has 6 nitrogen and oxygen atoms in total. The zero-order valence-corrected chi connectivity index (χ0v) is 16.6. The molecule has 0 radical (unpaired) electrons. The van der Waals surface area contributed by atoms with E-state index in [9.17, 15) is 14.7 Å². The fourth-order valence-corrected chi connectivity index (χ4v) is 3.15. The number of aromatic nitrogens is 1. The van der Waals surface area contributed by atoms with Gasteiger partial charge in [0, 0.05) is 22.2 Å². The van der Waals surface area contributed by atoms with E-state index in [0.29, 0.717) is 33.3 Å². The first-order chi connectivity index (χ1) is 15.0. The summed E-state index contributed by atoms with van der Waals surface area (Å²) in [5.74, 6) is 4.88. The van der Waals surface area contributed by atoms with Gasteiger partial charge in [-0.3, -0.25) is 4.79 Å². The molecule has 0 saturated heterocycles. The number of nitrogens with zero attached hydrogens (tertiary/aromatic N) is 1. The van der Waals surface area contributed by atoms with Gasteiger partial charge in [0.15, 0.2) is 0 Å². The first-order valence-corrected chi connectivity index (χ1v) is 9.55. The van der Waals surface area contributed by atoms with Crippen molar-refractivity contribution >= 4 is 22.4 Å². The Hall–Kier alpha value is -4.21. The van der Waals surface area contributed by atoms with Crippen LogP contribution in [0.2, 0.25) is 0 Å². The average molecular weight is 410 g/mol. The summed E-state index contributed by atoms with van der Waals surface area (Å²) in [5.41, 5.74) is -0.738. The van der Waals surface area contributed by atoms with Gasteiger partial charge in [0.1, 0.15) is 0 Å². The molecule has 31 heavy (non-hydrogen) atoms. The van der Waals surface area contributed by atoms with Crippen LogP contribution in [0, 0.1) is 18.8 Å². The molecule has 0 unspecified atom stereocenters. The minimum atomic E-state index is -2.09. The molecule has 1 heterocycles. The fraction of sp³-hybridized carbons (Fsp3) is 0.0800. The van der Waals surface area contributed by atoms with Crippen LogP contribution >= 0.6 is 0 Å². The van der Waals surface area contributed by atoms with Gasteiger partial charge >= 0.3 is 5.63 Å². The number of hydrogen-bond acceptors (Lipinski definition) is 5. The second-order valence-corrected chi connectivity index (χ2v) is 6.96. The summed E-state index contributed by atoms with van der Waals surface area (Å²) in [7, 11) is 0. The van der Waals surface area contributed by atoms with Crippen molar-refractivity contribution in [3.63, 3.8) is 0 Å². The second-order valence-electron chi connectivity index (χ2n) is 6.96. The van der Waals surface area contributed by atoms with Gasteiger partial charge in [-0.25, -0.2) is 4.79 Å². The molecule has 152 valence electrons. The van der Waals surface area contributed by atoms with Crippen LogP contribution in [0.5, 0.6) is 0 Å². The molecule has 3 aromatic carbocycles. The van der Waals surface area contributed by atoms with Gasteiger partial charge in [0.05, 0.1) is 11.1 Å². The average Bonchev–Trinajstić information content (AvgIpc) is 2.81. The molecule has 0 aliphatic rings. The van der Waals surface area contributed by atoms with Crippen LogP contribution in [0.3, 0.4) is 0 Å². The smallest absolute Gasteiger partial charge is 0.366 e. The standard InChI is InChI=1S/C25H18N2O4/c1-17-22-16-20(12-13-21(22)23(28)31-27-17)26-24(29)25(30,19-10-6-3-7-11-19)15-14-18-8-4-2-5-9-18/h2-13,16,30H,1H3,(H,26,29)/t25-/m1/s1. The lowest BCUT2D eigenvalue weighted by atomic mass is 9.92. The third-order valence-electron chi connectivity index (χ3n) is 4.83. The van der Waals surface area contributed by atoms with E-state index in [1.165, 1.54) is 0 Å². The molecular formula is C25H18N2O4. The van der Waals surface area contributed by atoms with Crippen molar-refractivity contribution < 1.29 is 14.4 Å². The maximum absolute atomic E-state index is 13.2. The molecular weight excluding hydrogens is 392 g/mol. The van der Waals surface area contributed by atoms with Crippen molar-refractivity contribution in [3.8, 4) is 11.8 Å². The topological polar surface area (TPSA) is 92.4 Å². The molecule has 1 aromatic heterocycles. The number of hydrogen-bond donors (Lipinski definition) is 2. The predicted molar refractivity (Wildman–Crippen MR) is 117 cm³/mol. The zero-order valence-electron chi connectivity index (χ0n) is 16.6. The van der Waals surface area contributed by atoms with E-state index in [1.807, 2.05) is 18.2 Å². The van der Waals surface area contributed by atoms with Crippen LogP contribution < -0.4 is 10.9 Å². The normalized spacial score (nSPS) is 12.5. The van der Waals surface area contributed by atoms with Crippen molar-refractivity contribution in [1.29, 1.82) is 0 Å². The Bertz CT molecular complexity index is 1370. The van der Waals surface area contributed by atoms with E-state index >= 15 is 0 Å². The van der Waals surface area contributed by atoms with Crippen LogP contribution in [0.4, 0.5) is 5.69 Å². The number of carbonyl (C=O) groups is 1. The van der Waals surface area contributed by atoms with E-state index in [1.54, 1.807) is 67.6 Å². The molecule has 2 N–H and O–H groups in total. The van der Waals surface area contributed by atoms with Crippen molar-refractivity contribution in [2.24, 2.45) is 0 Å².